The molecule has 0 bridgehead atoms. The summed E-state index contributed by atoms with van der Waals surface area (Å²) in [5.41, 5.74) is 1.66. The van der Waals surface area contributed by atoms with Gasteiger partial charge in [0, 0.05) is 6.42 Å². The Bertz CT molecular complexity index is 984. The van der Waals surface area contributed by atoms with E-state index in [1.54, 1.807) is 16.7 Å². The van der Waals surface area contributed by atoms with Crippen LogP contribution >= 0.6 is 0 Å². The van der Waals surface area contributed by atoms with Gasteiger partial charge in [0.25, 0.3) is 10.0 Å². The van der Waals surface area contributed by atoms with E-state index < -0.39 is 10.0 Å². The van der Waals surface area contributed by atoms with Crippen LogP contribution in [0.2, 0.25) is 0 Å². The smallest absolute Gasteiger partial charge is 0.264 e. The molecule has 8 heteroatoms. The van der Waals surface area contributed by atoms with Crippen LogP contribution in [0.3, 0.4) is 0 Å². The number of para-hydroxylation sites is 1. The molecule has 0 saturated heterocycles. The molecule has 2 aromatic carbocycles. The molecule has 0 saturated carbocycles. The number of hydrogen-bond donors (Lipinski definition) is 1. The Morgan fingerprint density at radius 2 is 1.96 bits per heavy atom. The summed E-state index contributed by atoms with van der Waals surface area (Å²) in [6.45, 7) is 0.578. The van der Waals surface area contributed by atoms with Gasteiger partial charge < -0.3 is 4.74 Å². The minimum absolute atomic E-state index is 0.137. The predicted molar refractivity (Wildman–Crippen MR) is 87.8 cm³/mol. The van der Waals surface area contributed by atoms with E-state index in [2.05, 4.69) is 14.9 Å². The number of hydrogen-bond acceptors (Lipinski definition) is 5. The summed E-state index contributed by atoms with van der Waals surface area (Å²) < 4.78 is 34.8. The molecular formula is C16H14N4O3S. The summed E-state index contributed by atoms with van der Waals surface area (Å²) in [6, 6.07) is 14.1. The minimum atomic E-state index is -3.76. The molecule has 1 aromatic heterocycles. The van der Waals surface area contributed by atoms with Gasteiger partial charge in [0.1, 0.15) is 12.1 Å². The molecule has 0 radical (unpaired) electrons. The van der Waals surface area contributed by atoms with Gasteiger partial charge in [-0.1, -0.05) is 18.2 Å². The summed E-state index contributed by atoms with van der Waals surface area (Å²) >= 11 is 0. The molecule has 2 heterocycles. The summed E-state index contributed by atoms with van der Waals surface area (Å²) in [4.78, 5) is 0.175. The van der Waals surface area contributed by atoms with E-state index in [4.69, 9.17) is 4.74 Å². The number of nitrogens with zero attached hydrogens (tertiary/aromatic N) is 3. The SMILES string of the molecule is O=S(=O)(Nc1nncn1-c1ccccc1)c1ccc2c(c1)CCO2. The summed E-state index contributed by atoms with van der Waals surface area (Å²) in [7, 11) is -3.76. The second kappa shape index (κ2) is 5.64. The topological polar surface area (TPSA) is 86.1 Å². The first kappa shape index (κ1) is 14.7. The molecule has 1 N–H and O–H groups in total. The van der Waals surface area contributed by atoms with Crippen LogP contribution in [0.25, 0.3) is 5.69 Å². The number of sulfonamides is 1. The Kier molecular flexibility index (Phi) is 3.46. The fourth-order valence-electron chi connectivity index (χ4n) is 2.59. The predicted octanol–water partition coefficient (Wildman–Crippen LogP) is 2.00. The van der Waals surface area contributed by atoms with Crippen molar-refractivity contribution in [2.45, 2.75) is 11.3 Å². The molecule has 4 rings (SSSR count). The summed E-state index contributed by atoms with van der Waals surface area (Å²) in [6.07, 6.45) is 2.17. The van der Waals surface area contributed by atoms with Crippen LogP contribution < -0.4 is 9.46 Å². The molecule has 7 nitrogen and oxygen atoms in total. The molecular weight excluding hydrogens is 328 g/mol. The van der Waals surface area contributed by atoms with E-state index >= 15 is 0 Å². The monoisotopic (exact) mass is 342 g/mol. The highest BCUT2D eigenvalue weighted by Gasteiger charge is 2.21. The second-order valence-electron chi connectivity index (χ2n) is 5.33. The molecule has 0 spiro atoms. The van der Waals surface area contributed by atoms with Gasteiger partial charge >= 0.3 is 0 Å². The van der Waals surface area contributed by atoms with Gasteiger partial charge in [-0.3, -0.25) is 4.57 Å². The first-order chi connectivity index (χ1) is 11.6. The number of benzene rings is 2. The highest BCUT2D eigenvalue weighted by Crippen LogP contribution is 2.28. The zero-order chi connectivity index (χ0) is 16.6. The highest BCUT2D eigenvalue weighted by atomic mass is 32.2. The van der Waals surface area contributed by atoms with Crippen LogP contribution in [0.1, 0.15) is 5.56 Å². The van der Waals surface area contributed by atoms with Gasteiger partial charge in [0.15, 0.2) is 0 Å². The van der Waals surface area contributed by atoms with E-state index in [1.165, 1.54) is 12.4 Å². The molecule has 1 aliphatic heterocycles. The van der Waals surface area contributed by atoms with Crippen molar-refractivity contribution < 1.29 is 13.2 Å². The second-order valence-corrected chi connectivity index (χ2v) is 7.02. The molecule has 3 aromatic rings. The maximum Gasteiger partial charge on any atom is 0.264 e. The quantitative estimate of drug-likeness (QED) is 0.784. The van der Waals surface area contributed by atoms with Crippen LogP contribution in [0, 0.1) is 0 Å². The van der Waals surface area contributed by atoms with Crippen LogP contribution in [0.15, 0.2) is 59.8 Å². The van der Waals surface area contributed by atoms with Gasteiger partial charge in [-0.25, -0.2) is 13.1 Å². The van der Waals surface area contributed by atoms with Crippen molar-refractivity contribution in [2.24, 2.45) is 0 Å². The Balaban J connectivity index is 1.67. The van der Waals surface area contributed by atoms with Crippen LogP contribution in [0.4, 0.5) is 5.95 Å². The highest BCUT2D eigenvalue weighted by molar-refractivity contribution is 7.92. The van der Waals surface area contributed by atoms with Crippen molar-refractivity contribution in [2.75, 3.05) is 11.3 Å². The van der Waals surface area contributed by atoms with Crippen LogP contribution in [0.5, 0.6) is 5.75 Å². The fraction of sp³-hybridized carbons (Fsp3) is 0.125. The lowest BCUT2D eigenvalue weighted by atomic mass is 10.2. The van der Waals surface area contributed by atoms with Crippen molar-refractivity contribution in [3.05, 3.63) is 60.4 Å². The molecule has 0 unspecified atom stereocenters. The lowest BCUT2D eigenvalue weighted by Crippen LogP contribution is -2.16. The Morgan fingerprint density at radius 1 is 1.12 bits per heavy atom. The van der Waals surface area contributed by atoms with Gasteiger partial charge in [0.2, 0.25) is 5.95 Å². The number of nitrogens with one attached hydrogen (secondary N) is 1. The van der Waals surface area contributed by atoms with Gasteiger partial charge in [-0.05, 0) is 35.9 Å². The average Bonchev–Trinajstić information content (AvgIpc) is 3.23. The summed E-state index contributed by atoms with van der Waals surface area (Å²) in [5.74, 6) is 0.874. The van der Waals surface area contributed by atoms with E-state index in [0.717, 1.165) is 17.0 Å². The van der Waals surface area contributed by atoms with E-state index in [0.29, 0.717) is 13.0 Å². The summed E-state index contributed by atoms with van der Waals surface area (Å²) in [5, 5.41) is 7.67. The average molecular weight is 342 g/mol. The number of rotatable bonds is 4. The van der Waals surface area contributed by atoms with E-state index in [-0.39, 0.29) is 10.8 Å². The van der Waals surface area contributed by atoms with E-state index in [9.17, 15) is 8.42 Å². The maximum absolute atomic E-state index is 12.6. The Hall–Kier alpha value is -2.87. The lowest BCUT2D eigenvalue weighted by Gasteiger charge is -2.10. The first-order valence-corrected chi connectivity index (χ1v) is 8.86. The Morgan fingerprint density at radius 3 is 2.79 bits per heavy atom. The molecule has 0 aliphatic carbocycles. The largest absolute Gasteiger partial charge is 0.493 e. The third-order valence-electron chi connectivity index (χ3n) is 3.78. The molecule has 0 amide bonds. The van der Waals surface area contributed by atoms with Gasteiger partial charge in [0.05, 0.1) is 17.2 Å². The zero-order valence-corrected chi connectivity index (χ0v) is 13.4. The standard InChI is InChI=1S/C16H14N4O3S/c21-24(22,14-6-7-15-12(10-14)8-9-23-15)19-16-18-17-11-20(16)13-4-2-1-3-5-13/h1-7,10-11H,8-9H2,(H,18,19). The van der Waals surface area contributed by atoms with Crippen LogP contribution in [-0.4, -0.2) is 29.8 Å². The Labute approximate surface area is 139 Å². The maximum atomic E-state index is 12.6. The zero-order valence-electron chi connectivity index (χ0n) is 12.6. The normalized spacial score (nSPS) is 13.3. The third kappa shape index (κ3) is 2.61. The molecule has 122 valence electrons. The minimum Gasteiger partial charge on any atom is -0.493 e. The van der Waals surface area contributed by atoms with Crippen molar-refractivity contribution in [3.8, 4) is 11.4 Å². The number of ether oxygens (including phenoxy) is 1. The first-order valence-electron chi connectivity index (χ1n) is 7.37. The number of anilines is 1. The number of fused-ring (bicyclic) bond motifs is 1. The fourth-order valence-corrected chi connectivity index (χ4v) is 3.63. The van der Waals surface area contributed by atoms with Crippen LogP contribution in [-0.2, 0) is 16.4 Å². The van der Waals surface area contributed by atoms with Gasteiger partial charge in [-0.15, -0.1) is 10.2 Å². The van der Waals surface area contributed by atoms with E-state index in [1.807, 2.05) is 30.3 Å². The van der Waals surface area contributed by atoms with Crippen molar-refractivity contribution >= 4 is 16.0 Å². The molecule has 0 fully saturated rings. The lowest BCUT2D eigenvalue weighted by molar-refractivity contribution is 0.356. The molecule has 1 aliphatic rings. The molecule has 0 atom stereocenters. The number of aromatic nitrogens is 3. The van der Waals surface area contributed by atoms with Crippen molar-refractivity contribution in [1.82, 2.24) is 14.8 Å². The van der Waals surface area contributed by atoms with Crippen molar-refractivity contribution in [3.63, 3.8) is 0 Å². The van der Waals surface area contributed by atoms with Gasteiger partial charge in [-0.2, -0.15) is 0 Å². The third-order valence-corrected chi connectivity index (χ3v) is 5.10. The molecule has 24 heavy (non-hydrogen) atoms. The van der Waals surface area contributed by atoms with Crippen molar-refractivity contribution in [1.29, 1.82) is 0 Å².